The number of benzene rings is 1. The number of anilines is 2. The average Bonchev–Trinajstić information content (AvgIpc) is 2.33. The van der Waals surface area contributed by atoms with Crippen molar-refractivity contribution >= 4 is 39.0 Å². The second kappa shape index (κ2) is 5.34. The number of halogens is 5. The molecule has 0 unspecified atom stereocenters. The van der Waals surface area contributed by atoms with Gasteiger partial charge in [-0.25, -0.2) is 9.97 Å². The minimum Gasteiger partial charge on any atom is -0.338 e. The lowest BCUT2D eigenvalue weighted by Crippen LogP contribution is -2.06. The van der Waals surface area contributed by atoms with E-state index >= 15 is 0 Å². The van der Waals surface area contributed by atoms with Gasteiger partial charge in [0.05, 0.1) is 20.7 Å². The predicted molar refractivity (Wildman–Crippen MR) is 69.5 cm³/mol. The molecule has 1 aromatic carbocycles. The maximum Gasteiger partial charge on any atom is 0.416 e. The number of aromatic nitrogens is 2. The Bertz CT molecular complexity index is 604. The fourth-order valence-electron chi connectivity index (χ4n) is 1.33. The summed E-state index contributed by atoms with van der Waals surface area (Å²) in [7, 11) is 0. The topological polar surface area (TPSA) is 37.8 Å². The Hall–Kier alpha value is -1.34. The molecule has 0 spiro atoms. The van der Waals surface area contributed by atoms with Crippen LogP contribution in [-0.4, -0.2) is 9.97 Å². The summed E-state index contributed by atoms with van der Waals surface area (Å²) in [6.45, 7) is 0. The van der Waals surface area contributed by atoms with E-state index in [1.54, 1.807) is 0 Å². The smallest absolute Gasteiger partial charge is 0.338 e. The average molecular weight is 353 g/mol. The zero-order valence-corrected chi connectivity index (χ0v) is 11.5. The molecule has 0 amide bonds. The van der Waals surface area contributed by atoms with E-state index in [-0.39, 0.29) is 10.7 Å². The minimum atomic E-state index is -4.43. The van der Waals surface area contributed by atoms with Crippen LogP contribution in [0.1, 0.15) is 5.56 Å². The molecule has 1 aromatic heterocycles. The molecule has 1 N–H and O–H groups in total. The number of hydrogen-bond acceptors (Lipinski definition) is 3. The molecule has 8 heteroatoms. The SMILES string of the molecule is FC(F)(F)c1ccc(Cl)c(Nc2ncncc2Br)c1. The molecule has 2 aromatic rings. The van der Waals surface area contributed by atoms with E-state index in [1.807, 2.05) is 0 Å². The van der Waals surface area contributed by atoms with Crippen molar-refractivity contribution in [2.75, 3.05) is 5.32 Å². The van der Waals surface area contributed by atoms with Gasteiger partial charge in [-0.2, -0.15) is 13.2 Å². The molecule has 1 heterocycles. The van der Waals surface area contributed by atoms with Crippen molar-refractivity contribution < 1.29 is 13.2 Å². The first kappa shape index (κ1) is 14.1. The fraction of sp³-hybridized carbons (Fsp3) is 0.0909. The summed E-state index contributed by atoms with van der Waals surface area (Å²) in [4.78, 5) is 7.65. The minimum absolute atomic E-state index is 0.121. The van der Waals surface area contributed by atoms with Crippen LogP contribution in [-0.2, 0) is 6.18 Å². The van der Waals surface area contributed by atoms with Crippen molar-refractivity contribution in [1.82, 2.24) is 9.97 Å². The van der Waals surface area contributed by atoms with Crippen LogP contribution in [0, 0.1) is 0 Å². The van der Waals surface area contributed by atoms with E-state index in [9.17, 15) is 13.2 Å². The van der Waals surface area contributed by atoms with Crippen LogP contribution >= 0.6 is 27.5 Å². The molecule has 0 aliphatic rings. The van der Waals surface area contributed by atoms with Gasteiger partial charge in [0.2, 0.25) is 0 Å². The van der Waals surface area contributed by atoms with E-state index in [4.69, 9.17) is 11.6 Å². The molecular formula is C11H6BrClF3N3. The van der Waals surface area contributed by atoms with Gasteiger partial charge in [-0.15, -0.1) is 0 Å². The summed E-state index contributed by atoms with van der Waals surface area (Å²) in [5.41, 5.74) is -0.666. The van der Waals surface area contributed by atoms with E-state index < -0.39 is 11.7 Å². The Morgan fingerprint density at radius 1 is 1.26 bits per heavy atom. The van der Waals surface area contributed by atoms with Crippen molar-refractivity contribution in [3.8, 4) is 0 Å². The molecule has 2 rings (SSSR count). The third-order valence-electron chi connectivity index (χ3n) is 2.21. The van der Waals surface area contributed by atoms with Gasteiger partial charge in [-0.1, -0.05) is 11.6 Å². The van der Waals surface area contributed by atoms with E-state index in [0.29, 0.717) is 10.3 Å². The Labute approximate surface area is 120 Å². The fourth-order valence-corrected chi connectivity index (χ4v) is 1.81. The molecule has 0 atom stereocenters. The molecule has 100 valence electrons. The molecule has 3 nitrogen and oxygen atoms in total. The first-order valence-electron chi connectivity index (χ1n) is 4.97. The summed E-state index contributed by atoms with van der Waals surface area (Å²) in [6, 6.07) is 3.03. The maximum atomic E-state index is 12.6. The summed E-state index contributed by atoms with van der Waals surface area (Å²) in [5.74, 6) is 0.330. The second-order valence-electron chi connectivity index (χ2n) is 3.54. The number of alkyl halides is 3. The van der Waals surface area contributed by atoms with Crippen LogP contribution in [0.2, 0.25) is 5.02 Å². The van der Waals surface area contributed by atoms with Crippen LogP contribution in [0.3, 0.4) is 0 Å². The van der Waals surface area contributed by atoms with E-state index in [0.717, 1.165) is 12.1 Å². The van der Waals surface area contributed by atoms with Gasteiger partial charge >= 0.3 is 6.18 Å². The van der Waals surface area contributed by atoms with Crippen LogP contribution in [0.5, 0.6) is 0 Å². The monoisotopic (exact) mass is 351 g/mol. The van der Waals surface area contributed by atoms with E-state index in [2.05, 4.69) is 31.2 Å². The Kier molecular flexibility index (Phi) is 3.96. The van der Waals surface area contributed by atoms with Crippen LogP contribution in [0.15, 0.2) is 35.2 Å². The molecular weight excluding hydrogens is 346 g/mol. The first-order chi connectivity index (χ1) is 8.88. The normalized spacial score (nSPS) is 11.4. The van der Waals surface area contributed by atoms with Crippen LogP contribution < -0.4 is 5.32 Å². The van der Waals surface area contributed by atoms with Gasteiger partial charge in [-0.3, -0.25) is 0 Å². The standard InChI is InChI=1S/C11H6BrClF3N3/c12-7-4-17-5-18-10(7)19-9-3-6(11(14,15)16)1-2-8(9)13/h1-5H,(H,17,18,19). The summed E-state index contributed by atoms with van der Waals surface area (Å²) < 4.78 is 38.4. The summed E-state index contributed by atoms with van der Waals surface area (Å²) in [5, 5.41) is 2.89. The van der Waals surface area contributed by atoms with Gasteiger partial charge in [0.25, 0.3) is 0 Å². The van der Waals surface area contributed by atoms with Gasteiger partial charge in [0.15, 0.2) is 0 Å². The summed E-state index contributed by atoms with van der Waals surface area (Å²) in [6.07, 6.45) is -1.69. The van der Waals surface area contributed by atoms with Gasteiger partial charge in [0, 0.05) is 6.20 Å². The maximum absolute atomic E-state index is 12.6. The second-order valence-corrected chi connectivity index (χ2v) is 4.80. The lowest BCUT2D eigenvalue weighted by atomic mass is 10.2. The Morgan fingerprint density at radius 3 is 2.63 bits per heavy atom. The lowest BCUT2D eigenvalue weighted by molar-refractivity contribution is -0.137. The van der Waals surface area contributed by atoms with E-state index in [1.165, 1.54) is 18.6 Å². The lowest BCUT2D eigenvalue weighted by Gasteiger charge is -2.12. The molecule has 0 saturated carbocycles. The Morgan fingerprint density at radius 2 is 2.00 bits per heavy atom. The highest BCUT2D eigenvalue weighted by Gasteiger charge is 2.31. The van der Waals surface area contributed by atoms with Crippen LogP contribution in [0.25, 0.3) is 0 Å². The number of nitrogens with one attached hydrogen (secondary N) is 1. The molecule has 0 radical (unpaired) electrons. The number of nitrogens with zero attached hydrogens (tertiary/aromatic N) is 2. The predicted octanol–water partition coefficient (Wildman–Crippen LogP) is 4.65. The highest BCUT2D eigenvalue weighted by atomic mass is 79.9. The molecule has 0 aliphatic carbocycles. The zero-order chi connectivity index (χ0) is 14.0. The molecule has 0 aliphatic heterocycles. The van der Waals surface area contributed by atoms with Crippen molar-refractivity contribution in [2.45, 2.75) is 6.18 Å². The number of hydrogen-bond donors (Lipinski definition) is 1. The largest absolute Gasteiger partial charge is 0.416 e. The van der Waals surface area contributed by atoms with Gasteiger partial charge in [0.1, 0.15) is 12.1 Å². The first-order valence-corrected chi connectivity index (χ1v) is 6.14. The van der Waals surface area contributed by atoms with Crippen LogP contribution in [0.4, 0.5) is 24.7 Å². The molecule has 0 bridgehead atoms. The molecule has 0 fully saturated rings. The van der Waals surface area contributed by atoms with Crippen molar-refractivity contribution in [1.29, 1.82) is 0 Å². The molecule has 19 heavy (non-hydrogen) atoms. The van der Waals surface area contributed by atoms with Crippen molar-refractivity contribution in [2.24, 2.45) is 0 Å². The zero-order valence-electron chi connectivity index (χ0n) is 9.17. The number of rotatable bonds is 2. The summed E-state index contributed by atoms with van der Waals surface area (Å²) >= 11 is 9.04. The highest BCUT2D eigenvalue weighted by molar-refractivity contribution is 9.10. The van der Waals surface area contributed by atoms with Gasteiger partial charge in [-0.05, 0) is 34.1 Å². The third-order valence-corrected chi connectivity index (χ3v) is 3.12. The Balaban J connectivity index is 2.38. The quantitative estimate of drug-likeness (QED) is 0.854. The van der Waals surface area contributed by atoms with Gasteiger partial charge < -0.3 is 5.32 Å². The third kappa shape index (κ3) is 3.36. The highest BCUT2D eigenvalue weighted by Crippen LogP contribution is 2.35. The van der Waals surface area contributed by atoms with Crippen molar-refractivity contribution in [3.63, 3.8) is 0 Å². The van der Waals surface area contributed by atoms with Crippen molar-refractivity contribution in [3.05, 3.63) is 45.8 Å². The molecule has 0 saturated heterocycles.